The lowest BCUT2D eigenvalue weighted by Gasteiger charge is -2.40. The number of esters is 1. The van der Waals surface area contributed by atoms with Gasteiger partial charge < -0.3 is 14.5 Å². The normalized spacial score (nSPS) is 16.2. The third-order valence-corrected chi connectivity index (χ3v) is 5.51. The molecule has 0 N–H and O–H groups in total. The summed E-state index contributed by atoms with van der Waals surface area (Å²) in [6.07, 6.45) is 0. The van der Waals surface area contributed by atoms with Crippen LogP contribution in [0.3, 0.4) is 0 Å². The molecule has 0 radical (unpaired) electrons. The number of hydrogen-bond acceptors (Lipinski definition) is 6. The molecule has 8 heteroatoms. The van der Waals surface area contributed by atoms with Gasteiger partial charge in [0.2, 0.25) is 5.91 Å². The van der Waals surface area contributed by atoms with Gasteiger partial charge in [0.25, 0.3) is 5.91 Å². The van der Waals surface area contributed by atoms with Crippen LogP contribution in [0.2, 0.25) is 0 Å². The number of carbonyl (C=O) groups excluding carboxylic acids is 3. The summed E-state index contributed by atoms with van der Waals surface area (Å²) >= 11 is 0. The van der Waals surface area contributed by atoms with E-state index < -0.39 is 5.97 Å². The SMILES string of the molecule is Cc1nc(C)c(C(=O)OCc2ccccc2)c(C(=O)N2CCN(C(=O)C(C)C)C(C)C2)n1. The zero-order valence-corrected chi connectivity index (χ0v) is 19.3. The van der Waals surface area contributed by atoms with Crippen LogP contribution in [0.25, 0.3) is 0 Å². The summed E-state index contributed by atoms with van der Waals surface area (Å²) in [5.74, 6) is -0.599. The van der Waals surface area contributed by atoms with Crippen LogP contribution >= 0.6 is 0 Å². The van der Waals surface area contributed by atoms with Gasteiger partial charge in [0.15, 0.2) is 0 Å². The third-order valence-electron chi connectivity index (χ3n) is 5.51. The summed E-state index contributed by atoms with van der Waals surface area (Å²) in [6, 6.07) is 9.20. The van der Waals surface area contributed by atoms with Gasteiger partial charge in [-0.1, -0.05) is 44.2 Å². The minimum atomic E-state index is -0.628. The Morgan fingerprint density at radius 3 is 2.41 bits per heavy atom. The van der Waals surface area contributed by atoms with E-state index in [0.717, 1.165) is 5.56 Å². The number of aryl methyl sites for hydroxylation is 2. The molecular formula is C24H30N4O4. The van der Waals surface area contributed by atoms with E-state index in [0.29, 0.717) is 31.2 Å². The molecule has 1 aliphatic heterocycles. The van der Waals surface area contributed by atoms with E-state index in [1.165, 1.54) is 0 Å². The van der Waals surface area contributed by atoms with Gasteiger partial charge in [0, 0.05) is 31.6 Å². The van der Waals surface area contributed by atoms with Gasteiger partial charge in [0.05, 0.1) is 5.69 Å². The van der Waals surface area contributed by atoms with Crippen molar-refractivity contribution in [2.75, 3.05) is 19.6 Å². The van der Waals surface area contributed by atoms with Crippen molar-refractivity contribution in [3.8, 4) is 0 Å². The fraction of sp³-hybridized carbons (Fsp3) is 0.458. The van der Waals surface area contributed by atoms with E-state index >= 15 is 0 Å². The first-order chi connectivity index (χ1) is 15.2. The van der Waals surface area contributed by atoms with Crippen LogP contribution in [0.4, 0.5) is 0 Å². The Balaban J connectivity index is 1.80. The molecule has 0 saturated carbocycles. The Bertz CT molecular complexity index is 1010. The van der Waals surface area contributed by atoms with Gasteiger partial charge in [-0.25, -0.2) is 14.8 Å². The van der Waals surface area contributed by atoms with Gasteiger partial charge >= 0.3 is 5.97 Å². The second-order valence-corrected chi connectivity index (χ2v) is 8.43. The van der Waals surface area contributed by atoms with Crippen LogP contribution in [-0.4, -0.2) is 63.2 Å². The first-order valence-corrected chi connectivity index (χ1v) is 10.8. The van der Waals surface area contributed by atoms with Gasteiger partial charge in [-0.2, -0.15) is 0 Å². The maximum absolute atomic E-state index is 13.4. The molecule has 1 aromatic heterocycles. The average Bonchev–Trinajstić information content (AvgIpc) is 2.76. The largest absolute Gasteiger partial charge is 0.457 e. The maximum atomic E-state index is 13.4. The first-order valence-electron chi connectivity index (χ1n) is 10.8. The van der Waals surface area contributed by atoms with Crippen molar-refractivity contribution in [3.05, 3.63) is 58.7 Å². The predicted molar refractivity (Wildman–Crippen MR) is 119 cm³/mol. The minimum absolute atomic E-state index is 0.0453. The highest BCUT2D eigenvalue weighted by Crippen LogP contribution is 2.19. The molecule has 0 bridgehead atoms. The van der Waals surface area contributed by atoms with Crippen molar-refractivity contribution >= 4 is 17.8 Å². The second kappa shape index (κ2) is 9.89. The second-order valence-electron chi connectivity index (χ2n) is 8.43. The topological polar surface area (TPSA) is 92.7 Å². The number of nitrogens with zero attached hydrogens (tertiary/aromatic N) is 4. The zero-order chi connectivity index (χ0) is 23.4. The summed E-state index contributed by atoms with van der Waals surface area (Å²) in [5.41, 5.74) is 1.38. The number of amides is 2. The van der Waals surface area contributed by atoms with Crippen LogP contribution in [-0.2, 0) is 16.1 Å². The van der Waals surface area contributed by atoms with E-state index in [2.05, 4.69) is 9.97 Å². The van der Waals surface area contributed by atoms with Crippen molar-refractivity contribution in [1.29, 1.82) is 0 Å². The van der Waals surface area contributed by atoms with Crippen molar-refractivity contribution < 1.29 is 19.1 Å². The first kappa shape index (κ1) is 23.4. The average molecular weight is 439 g/mol. The molecule has 32 heavy (non-hydrogen) atoms. The summed E-state index contributed by atoms with van der Waals surface area (Å²) in [6.45, 7) is 10.3. The Kier molecular flexibility index (Phi) is 7.22. The van der Waals surface area contributed by atoms with E-state index in [-0.39, 0.29) is 41.6 Å². The van der Waals surface area contributed by atoms with Gasteiger partial charge in [-0.15, -0.1) is 0 Å². The molecule has 1 aliphatic rings. The lowest BCUT2D eigenvalue weighted by atomic mass is 10.1. The Morgan fingerprint density at radius 2 is 1.78 bits per heavy atom. The number of hydrogen-bond donors (Lipinski definition) is 0. The standard InChI is InChI=1S/C24H30N4O4/c1-15(2)22(29)28-12-11-27(13-16(28)3)23(30)21-20(17(4)25-18(5)26-21)24(31)32-14-19-9-7-6-8-10-19/h6-10,15-16H,11-14H2,1-5H3. The molecule has 8 nitrogen and oxygen atoms in total. The van der Waals surface area contributed by atoms with Crippen LogP contribution < -0.4 is 0 Å². The lowest BCUT2D eigenvalue weighted by Crippen LogP contribution is -2.56. The van der Waals surface area contributed by atoms with Crippen molar-refractivity contribution in [2.24, 2.45) is 5.92 Å². The van der Waals surface area contributed by atoms with Crippen molar-refractivity contribution in [2.45, 2.75) is 47.3 Å². The smallest absolute Gasteiger partial charge is 0.342 e. The third kappa shape index (κ3) is 5.12. The summed E-state index contributed by atoms with van der Waals surface area (Å²) in [5, 5.41) is 0. The Labute approximate surface area is 188 Å². The summed E-state index contributed by atoms with van der Waals surface area (Å²) in [7, 11) is 0. The van der Waals surface area contributed by atoms with Crippen molar-refractivity contribution in [1.82, 2.24) is 19.8 Å². The maximum Gasteiger partial charge on any atom is 0.342 e. The molecule has 1 atom stereocenters. The van der Waals surface area contributed by atoms with Gasteiger partial charge in [0.1, 0.15) is 23.7 Å². The molecule has 1 saturated heterocycles. The molecule has 2 amide bonds. The Hall–Kier alpha value is -3.29. The quantitative estimate of drug-likeness (QED) is 0.667. The molecule has 0 spiro atoms. The van der Waals surface area contributed by atoms with E-state index in [1.807, 2.05) is 51.1 Å². The van der Waals surface area contributed by atoms with Gasteiger partial charge in [-0.3, -0.25) is 9.59 Å². The molecular weight excluding hydrogens is 408 g/mol. The number of carbonyl (C=O) groups is 3. The van der Waals surface area contributed by atoms with E-state index in [9.17, 15) is 14.4 Å². The predicted octanol–water partition coefficient (Wildman–Crippen LogP) is 2.78. The molecule has 2 heterocycles. The number of aromatic nitrogens is 2. The molecule has 3 rings (SSSR count). The molecule has 2 aromatic rings. The Morgan fingerprint density at radius 1 is 1.09 bits per heavy atom. The zero-order valence-electron chi connectivity index (χ0n) is 19.3. The molecule has 1 aromatic carbocycles. The fourth-order valence-electron chi connectivity index (χ4n) is 3.86. The monoisotopic (exact) mass is 438 g/mol. The summed E-state index contributed by atoms with van der Waals surface area (Å²) in [4.78, 5) is 50.7. The molecule has 0 aliphatic carbocycles. The number of benzene rings is 1. The molecule has 170 valence electrons. The fourth-order valence-corrected chi connectivity index (χ4v) is 3.86. The number of piperazine rings is 1. The minimum Gasteiger partial charge on any atom is -0.457 e. The molecule has 1 unspecified atom stereocenters. The van der Waals surface area contributed by atoms with E-state index in [4.69, 9.17) is 4.74 Å². The summed E-state index contributed by atoms with van der Waals surface area (Å²) < 4.78 is 5.47. The van der Waals surface area contributed by atoms with Crippen molar-refractivity contribution in [3.63, 3.8) is 0 Å². The highest BCUT2D eigenvalue weighted by Gasteiger charge is 2.34. The van der Waals surface area contributed by atoms with Crippen LogP contribution in [0.5, 0.6) is 0 Å². The van der Waals surface area contributed by atoms with Crippen LogP contribution in [0.1, 0.15) is 58.7 Å². The van der Waals surface area contributed by atoms with Gasteiger partial charge in [-0.05, 0) is 26.3 Å². The number of ether oxygens (including phenoxy) is 1. The lowest BCUT2D eigenvalue weighted by molar-refractivity contribution is -0.138. The number of rotatable bonds is 5. The highest BCUT2D eigenvalue weighted by atomic mass is 16.5. The van der Waals surface area contributed by atoms with Crippen LogP contribution in [0.15, 0.2) is 30.3 Å². The highest BCUT2D eigenvalue weighted by molar-refractivity contribution is 6.04. The van der Waals surface area contributed by atoms with Crippen LogP contribution in [0, 0.1) is 19.8 Å². The van der Waals surface area contributed by atoms with E-state index in [1.54, 1.807) is 23.6 Å². The molecule has 1 fully saturated rings.